The molecule has 0 aromatic carbocycles. The standard InChI is InChI=1S/C15H27N3O/c1-3-8-16-14(6-7-15-5-4-9-19-15)10-13-11-17-18(2)12-13/h11-12,14-16H,3-10H2,1-2H3. The van der Waals surface area contributed by atoms with Crippen molar-refractivity contribution in [2.45, 2.75) is 57.6 Å². The number of aryl methyl sites for hydroxylation is 1. The lowest BCUT2D eigenvalue weighted by atomic mass is 10.0. The third-order valence-electron chi connectivity index (χ3n) is 3.78. The maximum Gasteiger partial charge on any atom is 0.0576 e. The molecule has 1 aliphatic rings. The van der Waals surface area contributed by atoms with Gasteiger partial charge in [0.1, 0.15) is 0 Å². The fourth-order valence-electron chi connectivity index (χ4n) is 2.75. The second-order valence-corrected chi connectivity index (χ2v) is 5.59. The fourth-order valence-corrected chi connectivity index (χ4v) is 2.75. The van der Waals surface area contributed by atoms with Gasteiger partial charge in [-0.3, -0.25) is 4.68 Å². The molecule has 4 nitrogen and oxygen atoms in total. The number of rotatable bonds is 8. The van der Waals surface area contributed by atoms with Crippen molar-refractivity contribution in [1.82, 2.24) is 15.1 Å². The van der Waals surface area contributed by atoms with Crippen molar-refractivity contribution in [3.63, 3.8) is 0 Å². The predicted octanol–water partition coefficient (Wildman–Crippen LogP) is 2.29. The van der Waals surface area contributed by atoms with E-state index in [0.717, 1.165) is 19.6 Å². The van der Waals surface area contributed by atoms with E-state index in [1.807, 2.05) is 17.9 Å². The van der Waals surface area contributed by atoms with Crippen LogP contribution < -0.4 is 5.32 Å². The Morgan fingerprint density at radius 3 is 3.11 bits per heavy atom. The second kappa shape index (κ2) is 7.65. The third kappa shape index (κ3) is 4.96. The number of hydrogen-bond acceptors (Lipinski definition) is 3. The lowest BCUT2D eigenvalue weighted by molar-refractivity contribution is 0.0995. The van der Waals surface area contributed by atoms with Crippen LogP contribution in [0.2, 0.25) is 0 Å². The van der Waals surface area contributed by atoms with Gasteiger partial charge in [-0.25, -0.2) is 0 Å². The number of ether oxygens (including phenoxy) is 1. The van der Waals surface area contributed by atoms with Gasteiger partial charge in [0.25, 0.3) is 0 Å². The highest BCUT2D eigenvalue weighted by Crippen LogP contribution is 2.18. The van der Waals surface area contributed by atoms with Crippen molar-refractivity contribution in [2.75, 3.05) is 13.2 Å². The molecule has 1 aromatic heterocycles. The first-order valence-corrected chi connectivity index (χ1v) is 7.60. The SMILES string of the molecule is CCCNC(CCC1CCCO1)Cc1cnn(C)c1. The van der Waals surface area contributed by atoms with Crippen LogP contribution in [-0.2, 0) is 18.2 Å². The summed E-state index contributed by atoms with van der Waals surface area (Å²) in [7, 11) is 1.98. The quantitative estimate of drug-likeness (QED) is 0.784. The van der Waals surface area contributed by atoms with Crippen LogP contribution >= 0.6 is 0 Å². The van der Waals surface area contributed by atoms with Crippen LogP contribution in [0.15, 0.2) is 12.4 Å². The van der Waals surface area contributed by atoms with Crippen LogP contribution in [0.4, 0.5) is 0 Å². The Hall–Kier alpha value is -0.870. The lowest BCUT2D eigenvalue weighted by Gasteiger charge is -2.19. The molecule has 1 aromatic rings. The van der Waals surface area contributed by atoms with Crippen molar-refractivity contribution < 1.29 is 4.74 Å². The summed E-state index contributed by atoms with van der Waals surface area (Å²) in [6.07, 6.45) is 11.7. The molecule has 2 rings (SSSR count). The van der Waals surface area contributed by atoms with E-state index in [0.29, 0.717) is 12.1 Å². The lowest BCUT2D eigenvalue weighted by Crippen LogP contribution is -2.32. The van der Waals surface area contributed by atoms with Gasteiger partial charge in [0.15, 0.2) is 0 Å². The zero-order valence-electron chi connectivity index (χ0n) is 12.3. The molecule has 0 saturated carbocycles. The second-order valence-electron chi connectivity index (χ2n) is 5.59. The monoisotopic (exact) mass is 265 g/mol. The van der Waals surface area contributed by atoms with Crippen LogP contribution in [0, 0.1) is 0 Å². The van der Waals surface area contributed by atoms with Gasteiger partial charge in [-0.15, -0.1) is 0 Å². The Morgan fingerprint density at radius 1 is 1.58 bits per heavy atom. The summed E-state index contributed by atoms with van der Waals surface area (Å²) >= 11 is 0. The number of nitrogens with zero attached hydrogens (tertiary/aromatic N) is 2. The summed E-state index contributed by atoms with van der Waals surface area (Å²) in [5.41, 5.74) is 1.32. The van der Waals surface area contributed by atoms with E-state index in [9.17, 15) is 0 Å². The summed E-state index contributed by atoms with van der Waals surface area (Å²) in [5.74, 6) is 0. The summed E-state index contributed by atoms with van der Waals surface area (Å²) < 4.78 is 7.60. The van der Waals surface area contributed by atoms with Crippen LogP contribution in [0.5, 0.6) is 0 Å². The molecule has 1 saturated heterocycles. The first-order valence-electron chi connectivity index (χ1n) is 7.60. The van der Waals surface area contributed by atoms with Crippen LogP contribution in [0.1, 0.15) is 44.6 Å². The molecule has 4 heteroatoms. The molecule has 0 spiro atoms. The smallest absolute Gasteiger partial charge is 0.0576 e. The van der Waals surface area contributed by atoms with Gasteiger partial charge in [0, 0.05) is 25.9 Å². The molecule has 2 atom stereocenters. The van der Waals surface area contributed by atoms with E-state index in [1.165, 1.54) is 37.7 Å². The Morgan fingerprint density at radius 2 is 2.47 bits per heavy atom. The minimum atomic E-state index is 0.500. The number of nitrogens with one attached hydrogen (secondary N) is 1. The van der Waals surface area contributed by atoms with Gasteiger partial charge in [0.2, 0.25) is 0 Å². The molecule has 0 aliphatic carbocycles. The Labute approximate surface area is 116 Å². The van der Waals surface area contributed by atoms with Crippen molar-refractivity contribution in [3.8, 4) is 0 Å². The van der Waals surface area contributed by atoms with E-state index < -0.39 is 0 Å². The average Bonchev–Trinajstić information content (AvgIpc) is 3.04. The number of aromatic nitrogens is 2. The molecular formula is C15H27N3O. The van der Waals surface area contributed by atoms with E-state index in [1.54, 1.807) is 0 Å². The molecule has 0 bridgehead atoms. The molecular weight excluding hydrogens is 238 g/mol. The topological polar surface area (TPSA) is 39.1 Å². The summed E-state index contributed by atoms with van der Waals surface area (Å²) in [6, 6.07) is 0.549. The maximum atomic E-state index is 5.72. The fraction of sp³-hybridized carbons (Fsp3) is 0.800. The van der Waals surface area contributed by atoms with Crippen molar-refractivity contribution in [2.24, 2.45) is 7.05 Å². The number of hydrogen-bond donors (Lipinski definition) is 1. The zero-order chi connectivity index (χ0) is 13.5. The molecule has 108 valence electrons. The molecule has 0 radical (unpaired) electrons. The van der Waals surface area contributed by atoms with E-state index in [2.05, 4.69) is 23.5 Å². The maximum absolute atomic E-state index is 5.72. The molecule has 19 heavy (non-hydrogen) atoms. The van der Waals surface area contributed by atoms with Gasteiger partial charge in [-0.05, 0) is 50.6 Å². The van der Waals surface area contributed by atoms with Gasteiger partial charge in [-0.2, -0.15) is 5.10 Å². The van der Waals surface area contributed by atoms with Crippen LogP contribution in [-0.4, -0.2) is 35.1 Å². The van der Waals surface area contributed by atoms with E-state index in [4.69, 9.17) is 4.74 Å². The Bertz CT molecular complexity index is 358. The highest BCUT2D eigenvalue weighted by molar-refractivity contribution is 5.06. The predicted molar refractivity (Wildman–Crippen MR) is 77.2 cm³/mol. The van der Waals surface area contributed by atoms with Crippen LogP contribution in [0.3, 0.4) is 0 Å². The Balaban J connectivity index is 1.79. The van der Waals surface area contributed by atoms with E-state index in [-0.39, 0.29) is 0 Å². The molecule has 1 fully saturated rings. The molecule has 1 N–H and O–H groups in total. The van der Waals surface area contributed by atoms with Crippen molar-refractivity contribution >= 4 is 0 Å². The molecule has 0 amide bonds. The first kappa shape index (κ1) is 14.5. The summed E-state index contributed by atoms with van der Waals surface area (Å²) in [6.45, 7) is 4.27. The molecule has 2 unspecified atom stereocenters. The van der Waals surface area contributed by atoms with Gasteiger partial charge < -0.3 is 10.1 Å². The first-order chi connectivity index (χ1) is 9.28. The van der Waals surface area contributed by atoms with E-state index >= 15 is 0 Å². The Kier molecular flexibility index (Phi) is 5.86. The van der Waals surface area contributed by atoms with Gasteiger partial charge >= 0.3 is 0 Å². The summed E-state index contributed by atoms with van der Waals surface area (Å²) in [4.78, 5) is 0. The minimum Gasteiger partial charge on any atom is -0.378 e. The minimum absolute atomic E-state index is 0.500. The average molecular weight is 265 g/mol. The normalized spacial score (nSPS) is 20.8. The highest BCUT2D eigenvalue weighted by Gasteiger charge is 2.18. The van der Waals surface area contributed by atoms with Gasteiger partial charge in [-0.1, -0.05) is 6.92 Å². The van der Waals surface area contributed by atoms with Gasteiger partial charge in [0.05, 0.1) is 12.3 Å². The van der Waals surface area contributed by atoms with Crippen molar-refractivity contribution in [3.05, 3.63) is 18.0 Å². The molecule has 2 heterocycles. The zero-order valence-corrected chi connectivity index (χ0v) is 12.3. The largest absolute Gasteiger partial charge is 0.378 e. The van der Waals surface area contributed by atoms with Crippen molar-refractivity contribution in [1.29, 1.82) is 0 Å². The highest BCUT2D eigenvalue weighted by atomic mass is 16.5. The molecule has 1 aliphatic heterocycles. The van der Waals surface area contributed by atoms with Crippen LogP contribution in [0.25, 0.3) is 0 Å². The third-order valence-corrected chi connectivity index (χ3v) is 3.78. The summed E-state index contributed by atoms with van der Waals surface area (Å²) in [5, 5.41) is 7.91.